The minimum absolute atomic E-state index is 0.0191. The minimum atomic E-state index is -0.447. The molecule has 1 N–H and O–H groups in total. The van der Waals surface area contributed by atoms with Crippen molar-refractivity contribution in [2.45, 2.75) is 26.2 Å². The molecule has 0 fully saturated rings. The lowest BCUT2D eigenvalue weighted by atomic mass is 9.95. The Kier molecular flexibility index (Phi) is 4.88. The number of anilines is 1. The number of nitrogens with zero attached hydrogens (tertiary/aromatic N) is 1. The van der Waals surface area contributed by atoms with Gasteiger partial charge in [0.1, 0.15) is 0 Å². The number of nitrogens with one attached hydrogen (secondary N) is 1. The van der Waals surface area contributed by atoms with Gasteiger partial charge in [-0.3, -0.25) is 14.9 Å². The SMILES string of the molecule is CC[C@@H](C(=O)Nc1ccc([N+](=O)[O-])cc1C)c1ccccc1. The van der Waals surface area contributed by atoms with Crippen LogP contribution in [0.4, 0.5) is 11.4 Å². The smallest absolute Gasteiger partial charge is 0.269 e. The van der Waals surface area contributed by atoms with E-state index in [1.165, 1.54) is 12.1 Å². The van der Waals surface area contributed by atoms with E-state index in [0.29, 0.717) is 17.7 Å². The van der Waals surface area contributed by atoms with E-state index in [-0.39, 0.29) is 17.5 Å². The predicted octanol–water partition coefficient (Wildman–Crippen LogP) is 4.04. The van der Waals surface area contributed by atoms with Crippen molar-refractivity contribution in [3.63, 3.8) is 0 Å². The Morgan fingerprint density at radius 2 is 1.91 bits per heavy atom. The van der Waals surface area contributed by atoms with Crippen molar-refractivity contribution >= 4 is 17.3 Å². The fraction of sp³-hybridized carbons (Fsp3) is 0.235. The molecule has 22 heavy (non-hydrogen) atoms. The molecule has 2 aromatic rings. The van der Waals surface area contributed by atoms with Gasteiger partial charge in [0.05, 0.1) is 10.8 Å². The third-order valence-electron chi connectivity index (χ3n) is 3.61. The van der Waals surface area contributed by atoms with Crippen LogP contribution < -0.4 is 5.32 Å². The molecule has 0 aliphatic rings. The third kappa shape index (κ3) is 3.49. The number of nitro groups is 1. The van der Waals surface area contributed by atoms with Crippen LogP contribution in [0.1, 0.15) is 30.4 Å². The molecular formula is C17H18N2O3. The number of carbonyl (C=O) groups excluding carboxylic acids is 1. The normalized spacial score (nSPS) is 11.7. The van der Waals surface area contributed by atoms with Gasteiger partial charge in [0.25, 0.3) is 5.69 Å². The molecular weight excluding hydrogens is 280 g/mol. The summed E-state index contributed by atoms with van der Waals surface area (Å²) in [5, 5.41) is 13.6. The number of hydrogen-bond acceptors (Lipinski definition) is 3. The highest BCUT2D eigenvalue weighted by atomic mass is 16.6. The van der Waals surface area contributed by atoms with Gasteiger partial charge in [-0.25, -0.2) is 0 Å². The maximum atomic E-state index is 12.5. The highest BCUT2D eigenvalue weighted by molar-refractivity contribution is 5.96. The first kappa shape index (κ1) is 15.7. The van der Waals surface area contributed by atoms with Crippen LogP contribution in [0.25, 0.3) is 0 Å². The van der Waals surface area contributed by atoms with Crippen molar-refractivity contribution in [1.29, 1.82) is 0 Å². The van der Waals surface area contributed by atoms with Gasteiger partial charge in [-0.15, -0.1) is 0 Å². The Labute approximate surface area is 129 Å². The zero-order chi connectivity index (χ0) is 16.1. The molecule has 0 heterocycles. The fourth-order valence-electron chi connectivity index (χ4n) is 2.38. The predicted molar refractivity (Wildman–Crippen MR) is 85.9 cm³/mol. The average molecular weight is 298 g/mol. The van der Waals surface area contributed by atoms with Crippen LogP contribution in [0.3, 0.4) is 0 Å². The molecule has 2 rings (SSSR count). The first-order chi connectivity index (χ1) is 10.5. The van der Waals surface area contributed by atoms with Gasteiger partial charge < -0.3 is 5.32 Å². The van der Waals surface area contributed by atoms with E-state index in [1.807, 2.05) is 37.3 Å². The van der Waals surface area contributed by atoms with Gasteiger partial charge >= 0.3 is 0 Å². The molecule has 2 aromatic carbocycles. The Bertz CT molecular complexity index is 684. The summed E-state index contributed by atoms with van der Waals surface area (Å²) in [6, 6.07) is 14.0. The molecule has 0 aliphatic carbocycles. The molecule has 0 saturated heterocycles. The van der Waals surface area contributed by atoms with E-state index in [1.54, 1.807) is 13.0 Å². The number of amides is 1. The zero-order valence-electron chi connectivity index (χ0n) is 12.6. The number of carbonyl (C=O) groups is 1. The monoisotopic (exact) mass is 298 g/mol. The second kappa shape index (κ2) is 6.85. The van der Waals surface area contributed by atoms with E-state index in [4.69, 9.17) is 0 Å². The summed E-state index contributed by atoms with van der Waals surface area (Å²) >= 11 is 0. The van der Waals surface area contributed by atoms with Gasteiger partial charge in [0.15, 0.2) is 0 Å². The Morgan fingerprint density at radius 3 is 2.45 bits per heavy atom. The fourth-order valence-corrected chi connectivity index (χ4v) is 2.38. The molecule has 1 amide bonds. The Morgan fingerprint density at radius 1 is 1.23 bits per heavy atom. The topological polar surface area (TPSA) is 72.2 Å². The van der Waals surface area contributed by atoms with Crippen molar-refractivity contribution < 1.29 is 9.72 Å². The molecule has 114 valence electrons. The largest absolute Gasteiger partial charge is 0.325 e. The van der Waals surface area contributed by atoms with Gasteiger partial charge in [-0.2, -0.15) is 0 Å². The molecule has 0 aromatic heterocycles. The lowest BCUT2D eigenvalue weighted by molar-refractivity contribution is -0.384. The summed E-state index contributed by atoms with van der Waals surface area (Å²) in [5.41, 5.74) is 2.25. The van der Waals surface area contributed by atoms with Crippen molar-refractivity contribution in [2.75, 3.05) is 5.32 Å². The Balaban J connectivity index is 2.19. The average Bonchev–Trinajstić information content (AvgIpc) is 2.51. The van der Waals surface area contributed by atoms with Crippen molar-refractivity contribution in [3.05, 3.63) is 69.8 Å². The second-order valence-electron chi connectivity index (χ2n) is 5.12. The number of aryl methyl sites for hydroxylation is 1. The Hall–Kier alpha value is -2.69. The van der Waals surface area contributed by atoms with Crippen LogP contribution in [-0.2, 0) is 4.79 Å². The summed E-state index contributed by atoms with van der Waals surface area (Å²) in [6.45, 7) is 3.70. The van der Waals surface area contributed by atoms with Crippen LogP contribution in [0.15, 0.2) is 48.5 Å². The summed E-state index contributed by atoms with van der Waals surface area (Å²) < 4.78 is 0. The first-order valence-corrected chi connectivity index (χ1v) is 7.13. The number of non-ortho nitro benzene ring substituents is 1. The van der Waals surface area contributed by atoms with Crippen molar-refractivity contribution in [2.24, 2.45) is 0 Å². The third-order valence-corrected chi connectivity index (χ3v) is 3.61. The number of benzene rings is 2. The van der Waals surface area contributed by atoms with Crippen LogP contribution in [0, 0.1) is 17.0 Å². The molecule has 5 heteroatoms. The summed E-state index contributed by atoms with van der Waals surface area (Å²) in [4.78, 5) is 22.8. The van der Waals surface area contributed by atoms with Gasteiger partial charge in [-0.1, -0.05) is 37.3 Å². The van der Waals surface area contributed by atoms with E-state index < -0.39 is 4.92 Å². The molecule has 5 nitrogen and oxygen atoms in total. The van der Waals surface area contributed by atoms with Gasteiger partial charge in [0.2, 0.25) is 5.91 Å². The highest BCUT2D eigenvalue weighted by Gasteiger charge is 2.19. The minimum Gasteiger partial charge on any atom is -0.325 e. The quantitative estimate of drug-likeness (QED) is 0.669. The summed E-state index contributed by atoms with van der Waals surface area (Å²) in [7, 11) is 0. The second-order valence-corrected chi connectivity index (χ2v) is 5.12. The first-order valence-electron chi connectivity index (χ1n) is 7.13. The van der Waals surface area contributed by atoms with Crippen LogP contribution >= 0.6 is 0 Å². The van der Waals surface area contributed by atoms with E-state index >= 15 is 0 Å². The highest BCUT2D eigenvalue weighted by Crippen LogP contribution is 2.25. The molecule has 0 spiro atoms. The number of nitro benzene ring substituents is 1. The van der Waals surface area contributed by atoms with E-state index in [9.17, 15) is 14.9 Å². The summed E-state index contributed by atoms with van der Waals surface area (Å²) in [5.74, 6) is -0.346. The van der Waals surface area contributed by atoms with Gasteiger partial charge in [-0.05, 0) is 30.5 Å². The van der Waals surface area contributed by atoms with Crippen LogP contribution in [0.5, 0.6) is 0 Å². The number of rotatable bonds is 5. The lowest BCUT2D eigenvalue weighted by Gasteiger charge is -2.16. The van der Waals surface area contributed by atoms with Gasteiger partial charge in [0, 0.05) is 17.8 Å². The maximum Gasteiger partial charge on any atom is 0.269 e. The summed E-state index contributed by atoms with van der Waals surface area (Å²) in [6.07, 6.45) is 0.682. The molecule has 0 radical (unpaired) electrons. The van der Waals surface area contributed by atoms with Crippen LogP contribution in [0.2, 0.25) is 0 Å². The van der Waals surface area contributed by atoms with Crippen molar-refractivity contribution in [3.8, 4) is 0 Å². The zero-order valence-corrected chi connectivity index (χ0v) is 12.6. The number of hydrogen-bond donors (Lipinski definition) is 1. The van der Waals surface area contributed by atoms with Crippen LogP contribution in [-0.4, -0.2) is 10.8 Å². The lowest BCUT2D eigenvalue weighted by Crippen LogP contribution is -2.21. The molecule has 0 bridgehead atoms. The standard InChI is InChI=1S/C17H18N2O3/c1-3-15(13-7-5-4-6-8-13)17(20)18-16-10-9-14(19(21)22)11-12(16)2/h4-11,15H,3H2,1-2H3,(H,18,20)/t15-/m1/s1. The maximum absolute atomic E-state index is 12.5. The van der Waals surface area contributed by atoms with Crippen molar-refractivity contribution in [1.82, 2.24) is 0 Å². The molecule has 0 unspecified atom stereocenters. The van der Waals surface area contributed by atoms with E-state index in [0.717, 1.165) is 5.56 Å². The molecule has 0 aliphatic heterocycles. The molecule has 0 saturated carbocycles. The van der Waals surface area contributed by atoms with E-state index in [2.05, 4.69) is 5.32 Å². The molecule has 1 atom stereocenters.